The molecule has 136 valence electrons. The van der Waals surface area contributed by atoms with Crippen LogP contribution in [0.3, 0.4) is 0 Å². The van der Waals surface area contributed by atoms with Gasteiger partial charge >= 0.3 is 5.69 Å². The maximum Gasteiger partial charge on any atom is 0.331 e. The molecule has 1 unspecified atom stereocenters. The number of fused-ring (bicyclic) bond motifs is 1. The first-order valence-electron chi connectivity index (χ1n) is 9.04. The van der Waals surface area contributed by atoms with E-state index in [0.29, 0.717) is 18.6 Å². The molecular weight excluding hydrogens is 328 g/mol. The van der Waals surface area contributed by atoms with Crippen molar-refractivity contribution in [2.75, 3.05) is 0 Å². The van der Waals surface area contributed by atoms with Gasteiger partial charge in [-0.3, -0.25) is 13.9 Å². The number of nitrogens with zero attached hydrogens (tertiary/aromatic N) is 3. The molecule has 0 aliphatic carbocycles. The van der Waals surface area contributed by atoms with Gasteiger partial charge in [-0.15, -0.1) is 0 Å². The second kappa shape index (κ2) is 7.56. The Hall–Kier alpha value is -2.89. The summed E-state index contributed by atoms with van der Waals surface area (Å²) >= 11 is 0. The van der Waals surface area contributed by atoms with Crippen LogP contribution in [0.1, 0.15) is 39.2 Å². The van der Waals surface area contributed by atoms with Crippen LogP contribution >= 0.6 is 0 Å². The lowest BCUT2D eigenvalue weighted by molar-refractivity contribution is -0.121. The molecule has 0 aliphatic rings. The molecule has 1 atom stereocenters. The number of carbonyl (C=O) groups is 1. The molecule has 0 aliphatic heterocycles. The maximum absolute atomic E-state index is 13.0. The summed E-state index contributed by atoms with van der Waals surface area (Å²) in [4.78, 5) is 29.5. The second-order valence-electron chi connectivity index (χ2n) is 6.39. The van der Waals surface area contributed by atoms with E-state index in [1.165, 1.54) is 4.57 Å². The van der Waals surface area contributed by atoms with Crippen LogP contribution in [0.15, 0.2) is 47.4 Å². The fourth-order valence-corrected chi connectivity index (χ4v) is 3.32. The van der Waals surface area contributed by atoms with E-state index in [2.05, 4.69) is 4.98 Å². The second-order valence-corrected chi connectivity index (χ2v) is 6.39. The third-order valence-corrected chi connectivity index (χ3v) is 4.70. The molecule has 2 aromatic heterocycles. The number of nitrogens with two attached hydrogens (primary N) is 1. The molecule has 3 rings (SSSR count). The SMILES string of the molecule is CCCCC(C(N)=O)n1c(=O)n(CC)c2cc(-c3ccccc3)cnc21. The van der Waals surface area contributed by atoms with Gasteiger partial charge in [0, 0.05) is 18.3 Å². The van der Waals surface area contributed by atoms with E-state index < -0.39 is 11.9 Å². The normalized spacial score (nSPS) is 12.4. The average Bonchev–Trinajstić information content (AvgIpc) is 2.93. The van der Waals surface area contributed by atoms with Gasteiger partial charge < -0.3 is 5.73 Å². The Morgan fingerprint density at radius 3 is 2.54 bits per heavy atom. The van der Waals surface area contributed by atoms with Crippen molar-refractivity contribution in [2.24, 2.45) is 5.73 Å². The van der Waals surface area contributed by atoms with E-state index in [1.54, 1.807) is 10.8 Å². The highest BCUT2D eigenvalue weighted by molar-refractivity contribution is 5.83. The third-order valence-electron chi connectivity index (χ3n) is 4.70. The monoisotopic (exact) mass is 352 g/mol. The van der Waals surface area contributed by atoms with Gasteiger partial charge in [0.2, 0.25) is 5.91 Å². The number of imidazole rings is 1. The fraction of sp³-hybridized carbons (Fsp3) is 0.350. The van der Waals surface area contributed by atoms with Gasteiger partial charge in [0.1, 0.15) is 6.04 Å². The lowest BCUT2D eigenvalue weighted by atomic mass is 10.1. The summed E-state index contributed by atoms with van der Waals surface area (Å²) in [5.41, 5.74) is 8.57. The number of amides is 1. The zero-order valence-corrected chi connectivity index (χ0v) is 15.2. The summed E-state index contributed by atoms with van der Waals surface area (Å²) in [6.45, 7) is 4.45. The van der Waals surface area contributed by atoms with Crippen molar-refractivity contribution in [3.8, 4) is 11.1 Å². The van der Waals surface area contributed by atoms with Crippen LogP contribution in [0.4, 0.5) is 0 Å². The Morgan fingerprint density at radius 1 is 1.19 bits per heavy atom. The summed E-state index contributed by atoms with van der Waals surface area (Å²) in [5.74, 6) is -0.496. The van der Waals surface area contributed by atoms with Crippen molar-refractivity contribution in [3.63, 3.8) is 0 Å². The molecule has 0 fully saturated rings. The van der Waals surface area contributed by atoms with Crippen molar-refractivity contribution >= 4 is 17.1 Å². The first-order chi connectivity index (χ1) is 12.6. The van der Waals surface area contributed by atoms with Gasteiger partial charge in [-0.05, 0) is 25.0 Å². The molecule has 2 heterocycles. The Labute approximate surface area is 152 Å². The zero-order valence-electron chi connectivity index (χ0n) is 15.2. The summed E-state index contributed by atoms with van der Waals surface area (Å²) < 4.78 is 3.11. The predicted molar refractivity (Wildman–Crippen MR) is 103 cm³/mol. The Kier molecular flexibility index (Phi) is 5.21. The Bertz CT molecular complexity index is 973. The average molecular weight is 352 g/mol. The molecular formula is C20H24N4O2. The minimum atomic E-state index is -0.673. The van der Waals surface area contributed by atoms with Crippen molar-refractivity contribution < 1.29 is 4.79 Å². The zero-order chi connectivity index (χ0) is 18.7. The molecule has 0 bridgehead atoms. The molecule has 6 heteroatoms. The summed E-state index contributed by atoms with van der Waals surface area (Å²) in [5, 5.41) is 0. The number of aryl methyl sites for hydroxylation is 1. The number of unbranched alkanes of at least 4 members (excludes halogenated alkanes) is 1. The van der Waals surface area contributed by atoms with Crippen LogP contribution in [0.2, 0.25) is 0 Å². The lowest BCUT2D eigenvalue weighted by Gasteiger charge is -2.14. The van der Waals surface area contributed by atoms with Crippen molar-refractivity contribution in [1.82, 2.24) is 14.1 Å². The molecule has 0 saturated carbocycles. The van der Waals surface area contributed by atoms with Crippen LogP contribution in [-0.2, 0) is 11.3 Å². The van der Waals surface area contributed by atoms with E-state index in [-0.39, 0.29) is 5.69 Å². The van der Waals surface area contributed by atoms with E-state index in [0.717, 1.165) is 29.5 Å². The van der Waals surface area contributed by atoms with E-state index in [4.69, 9.17) is 5.73 Å². The van der Waals surface area contributed by atoms with Gasteiger partial charge in [-0.1, -0.05) is 50.1 Å². The molecule has 0 spiro atoms. The lowest BCUT2D eigenvalue weighted by Crippen LogP contribution is -2.34. The van der Waals surface area contributed by atoms with Gasteiger partial charge in [0.25, 0.3) is 0 Å². The number of pyridine rings is 1. The smallest absolute Gasteiger partial charge is 0.331 e. The van der Waals surface area contributed by atoms with Crippen molar-refractivity contribution in [3.05, 3.63) is 53.1 Å². The number of rotatable bonds is 7. The topological polar surface area (TPSA) is 82.9 Å². The van der Waals surface area contributed by atoms with Crippen LogP contribution < -0.4 is 11.4 Å². The molecule has 26 heavy (non-hydrogen) atoms. The summed E-state index contributed by atoms with van der Waals surface area (Å²) in [7, 11) is 0. The van der Waals surface area contributed by atoms with Gasteiger partial charge in [0.15, 0.2) is 5.65 Å². The van der Waals surface area contributed by atoms with Gasteiger partial charge in [-0.2, -0.15) is 0 Å². The van der Waals surface area contributed by atoms with Crippen LogP contribution in [-0.4, -0.2) is 20.0 Å². The molecule has 3 aromatic rings. The molecule has 1 aromatic carbocycles. The summed E-state index contributed by atoms with van der Waals surface area (Å²) in [6, 6.07) is 11.2. The highest BCUT2D eigenvalue weighted by Gasteiger charge is 2.25. The first-order valence-corrected chi connectivity index (χ1v) is 9.04. The maximum atomic E-state index is 13.0. The number of carbonyl (C=O) groups excluding carboxylic acids is 1. The van der Waals surface area contributed by atoms with Crippen LogP contribution in [0.25, 0.3) is 22.3 Å². The van der Waals surface area contributed by atoms with E-state index in [1.807, 2.05) is 50.2 Å². The highest BCUT2D eigenvalue weighted by atomic mass is 16.2. The molecule has 6 nitrogen and oxygen atoms in total. The van der Waals surface area contributed by atoms with Crippen molar-refractivity contribution in [1.29, 1.82) is 0 Å². The largest absolute Gasteiger partial charge is 0.368 e. The molecule has 1 amide bonds. The van der Waals surface area contributed by atoms with E-state index in [9.17, 15) is 9.59 Å². The summed E-state index contributed by atoms with van der Waals surface area (Å²) in [6.07, 6.45) is 4.03. The Balaban J connectivity index is 2.20. The van der Waals surface area contributed by atoms with Gasteiger partial charge in [0.05, 0.1) is 5.52 Å². The quantitative estimate of drug-likeness (QED) is 0.709. The first kappa shape index (κ1) is 17.9. The number of aromatic nitrogens is 3. The van der Waals surface area contributed by atoms with E-state index >= 15 is 0 Å². The third kappa shape index (κ3) is 3.14. The molecule has 2 N–H and O–H groups in total. The minimum absolute atomic E-state index is 0.236. The predicted octanol–water partition coefficient (Wildman–Crippen LogP) is 3.10. The number of primary amides is 1. The number of hydrogen-bond donors (Lipinski definition) is 1. The number of hydrogen-bond acceptors (Lipinski definition) is 3. The minimum Gasteiger partial charge on any atom is -0.368 e. The number of benzene rings is 1. The van der Waals surface area contributed by atoms with Gasteiger partial charge in [-0.25, -0.2) is 9.78 Å². The van der Waals surface area contributed by atoms with Crippen LogP contribution in [0.5, 0.6) is 0 Å². The fourth-order valence-electron chi connectivity index (χ4n) is 3.32. The molecule has 0 radical (unpaired) electrons. The standard InChI is InChI=1S/C20H24N4O2/c1-3-5-11-16(18(21)25)24-19-17(23(4-2)20(24)26)12-15(13-22-19)14-9-7-6-8-10-14/h6-10,12-13,16H,3-5,11H2,1-2H3,(H2,21,25). The van der Waals surface area contributed by atoms with Crippen molar-refractivity contribution in [2.45, 2.75) is 45.7 Å². The molecule has 0 saturated heterocycles. The highest BCUT2D eigenvalue weighted by Crippen LogP contribution is 2.25. The Morgan fingerprint density at radius 2 is 1.92 bits per heavy atom. The van der Waals surface area contributed by atoms with Crippen LogP contribution in [0, 0.1) is 0 Å².